The number of hydrogen-bond acceptors (Lipinski definition) is 1. The quantitative estimate of drug-likeness (QED) is 0.166. The third-order valence-electron chi connectivity index (χ3n) is 8.86. The summed E-state index contributed by atoms with van der Waals surface area (Å²) in [6.07, 6.45) is 6.14. The van der Waals surface area contributed by atoms with E-state index in [9.17, 15) is 0 Å². The van der Waals surface area contributed by atoms with Crippen LogP contribution in [0.1, 0.15) is 74.4 Å². The first kappa shape index (κ1) is 24.6. The molecule has 6 rings (SSSR count). The van der Waals surface area contributed by atoms with Crippen molar-refractivity contribution in [2.75, 3.05) is 0 Å². The summed E-state index contributed by atoms with van der Waals surface area (Å²) >= 11 is 2.03. The van der Waals surface area contributed by atoms with Crippen LogP contribution in [0.4, 0.5) is 0 Å². The van der Waals surface area contributed by atoms with Crippen LogP contribution in [0, 0.1) is 31.6 Å². The molecule has 2 heterocycles. The third kappa shape index (κ3) is 4.18. The van der Waals surface area contributed by atoms with Gasteiger partial charge in [0.1, 0.15) is 7.05 Å². The molecule has 37 heavy (non-hydrogen) atoms. The van der Waals surface area contributed by atoms with Gasteiger partial charge < -0.3 is 0 Å². The zero-order valence-corrected chi connectivity index (χ0v) is 24.6. The number of nitrogens with zero attached hydrogens (tertiary/aromatic N) is 1. The lowest BCUT2D eigenvalue weighted by atomic mass is 9.61. The summed E-state index contributed by atoms with van der Waals surface area (Å²) in [5.74, 6) is 0.657. The summed E-state index contributed by atoms with van der Waals surface area (Å²) < 4.78 is 3.72. The molecule has 1 fully saturated rings. The van der Waals surface area contributed by atoms with Crippen LogP contribution in [0.25, 0.3) is 42.9 Å². The van der Waals surface area contributed by atoms with Gasteiger partial charge in [0.2, 0.25) is 5.69 Å². The maximum absolute atomic E-state index is 2.54. The summed E-state index contributed by atoms with van der Waals surface area (Å²) in [7, 11) is 2.18. The second kappa shape index (κ2) is 8.40. The highest BCUT2D eigenvalue weighted by atomic mass is 32.1. The maximum Gasteiger partial charge on any atom is 0.220 e. The Kier molecular flexibility index (Phi) is 5.59. The summed E-state index contributed by atoms with van der Waals surface area (Å²) in [6.45, 7) is 16.5. The van der Waals surface area contributed by atoms with Gasteiger partial charge in [0, 0.05) is 26.4 Å². The maximum atomic E-state index is 2.54. The Balaban J connectivity index is 1.54. The van der Waals surface area contributed by atoms with Crippen molar-refractivity contribution < 1.29 is 4.57 Å². The summed E-state index contributed by atoms with van der Waals surface area (Å²) in [4.78, 5) is 1.58. The average molecular weight is 507 g/mol. The van der Waals surface area contributed by atoms with Gasteiger partial charge in [-0.1, -0.05) is 51.5 Å². The van der Waals surface area contributed by atoms with E-state index in [1.54, 1.807) is 4.88 Å². The standard InChI is InChI=1S/C35H40NS/c1-21-15-22(2)23(3)29(16-21)33-28-10-9-26-25(27(28)13-14-36(33)8)11-12-31-30(26)17-32(37-31)24-18-34(4,5)20-35(6,7)19-24/h9-17,24H,18-20H2,1-8H3/q+1. The van der Waals surface area contributed by atoms with Crippen molar-refractivity contribution in [2.45, 2.75) is 73.6 Å². The predicted octanol–water partition coefficient (Wildman–Crippen LogP) is 9.94. The molecular formula is C35H40NS+. The molecule has 0 atom stereocenters. The Morgan fingerprint density at radius 3 is 2.11 bits per heavy atom. The number of fused-ring (bicyclic) bond motifs is 5. The van der Waals surface area contributed by atoms with E-state index >= 15 is 0 Å². The van der Waals surface area contributed by atoms with Gasteiger partial charge in [0.05, 0.1) is 10.9 Å². The van der Waals surface area contributed by atoms with Crippen LogP contribution in [0.15, 0.2) is 54.7 Å². The zero-order chi connectivity index (χ0) is 26.3. The first-order valence-corrected chi connectivity index (χ1v) is 14.6. The van der Waals surface area contributed by atoms with Gasteiger partial charge in [0.15, 0.2) is 6.20 Å². The van der Waals surface area contributed by atoms with Crippen molar-refractivity contribution in [3.63, 3.8) is 0 Å². The number of aromatic nitrogens is 1. The van der Waals surface area contributed by atoms with E-state index < -0.39 is 0 Å². The fraction of sp³-hybridized carbons (Fsp3) is 0.400. The predicted molar refractivity (Wildman–Crippen MR) is 162 cm³/mol. The van der Waals surface area contributed by atoms with E-state index in [4.69, 9.17) is 0 Å². The molecule has 1 aliphatic rings. The van der Waals surface area contributed by atoms with Crippen molar-refractivity contribution in [1.82, 2.24) is 0 Å². The molecule has 5 aromatic rings. The SMILES string of the molecule is Cc1cc(C)c(C)c(-c2c3ccc4c5cc(C6CC(C)(C)CC(C)(C)C6)sc5ccc4c3cc[n+]2C)c1. The number of aryl methyl sites for hydroxylation is 3. The molecule has 0 bridgehead atoms. The lowest BCUT2D eigenvalue weighted by Crippen LogP contribution is -2.32. The Morgan fingerprint density at radius 1 is 0.757 bits per heavy atom. The summed E-state index contributed by atoms with van der Waals surface area (Å²) in [5, 5.41) is 6.86. The molecule has 1 saturated carbocycles. The van der Waals surface area contributed by atoms with Crippen LogP contribution in [0.5, 0.6) is 0 Å². The Morgan fingerprint density at radius 2 is 1.38 bits per heavy atom. The molecule has 0 unspecified atom stereocenters. The first-order chi connectivity index (χ1) is 17.4. The Hall–Kier alpha value is -2.71. The third-order valence-corrected chi connectivity index (χ3v) is 10.1. The van der Waals surface area contributed by atoms with Gasteiger partial charge in [-0.25, -0.2) is 4.57 Å². The van der Waals surface area contributed by atoms with Gasteiger partial charge in [0.25, 0.3) is 0 Å². The van der Waals surface area contributed by atoms with Crippen molar-refractivity contribution in [3.05, 3.63) is 76.3 Å². The van der Waals surface area contributed by atoms with Crippen LogP contribution in [0.2, 0.25) is 0 Å². The molecular weight excluding hydrogens is 466 g/mol. The van der Waals surface area contributed by atoms with E-state index in [-0.39, 0.29) is 0 Å². The number of rotatable bonds is 2. The fourth-order valence-electron chi connectivity index (χ4n) is 7.68. The van der Waals surface area contributed by atoms with Crippen molar-refractivity contribution in [3.8, 4) is 11.3 Å². The minimum atomic E-state index is 0.402. The van der Waals surface area contributed by atoms with Crippen molar-refractivity contribution in [2.24, 2.45) is 17.9 Å². The molecule has 0 saturated heterocycles. The van der Waals surface area contributed by atoms with E-state index in [1.807, 2.05) is 11.3 Å². The van der Waals surface area contributed by atoms with E-state index in [0.29, 0.717) is 16.7 Å². The zero-order valence-electron chi connectivity index (χ0n) is 23.8. The molecule has 190 valence electrons. The molecule has 1 nitrogen and oxygen atoms in total. The van der Waals surface area contributed by atoms with Gasteiger partial charge in [-0.05, 0) is 103 Å². The van der Waals surface area contributed by atoms with Crippen molar-refractivity contribution >= 4 is 43.0 Å². The normalized spacial score (nSPS) is 17.7. The topological polar surface area (TPSA) is 3.88 Å². The highest BCUT2D eigenvalue weighted by molar-refractivity contribution is 7.19. The van der Waals surface area contributed by atoms with Gasteiger partial charge in [-0.3, -0.25) is 0 Å². The molecule has 2 heteroatoms. The highest BCUT2D eigenvalue weighted by Gasteiger charge is 2.39. The molecule has 0 aliphatic heterocycles. The lowest BCUT2D eigenvalue weighted by Gasteiger charge is -2.44. The van der Waals surface area contributed by atoms with Gasteiger partial charge in [-0.2, -0.15) is 0 Å². The monoisotopic (exact) mass is 506 g/mol. The number of pyridine rings is 1. The molecule has 1 aliphatic carbocycles. The molecule has 3 aromatic carbocycles. The molecule has 0 spiro atoms. The fourth-order valence-corrected chi connectivity index (χ4v) is 8.85. The highest BCUT2D eigenvalue weighted by Crippen LogP contribution is 2.53. The van der Waals surface area contributed by atoms with Crippen LogP contribution in [-0.4, -0.2) is 0 Å². The summed E-state index contributed by atoms with van der Waals surface area (Å²) in [6, 6.07) is 19.0. The van der Waals surface area contributed by atoms with Gasteiger partial charge in [-0.15, -0.1) is 11.3 Å². The van der Waals surface area contributed by atoms with Gasteiger partial charge >= 0.3 is 0 Å². The van der Waals surface area contributed by atoms with Crippen LogP contribution in [0.3, 0.4) is 0 Å². The number of benzene rings is 3. The van der Waals surface area contributed by atoms with E-state index in [0.717, 1.165) is 0 Å². The van der Waals surface area contributed by atoms with E-state index in [2.05, 4.69) is 115 Å². The van der Waals surface area contributed by atoms with Crippen LogP contribution >= 0.6 is 11.3 Å². The minimum Gasteiger partial charge on any atom is -0.200 e. The molecule has 0 radical (unpaired) electrons. The second-order valence-electron chi connectivity index (χ2n) is 13.4. The molecule has 0 N–H and O–H groups in total. The van der Waals surface area contributed by atoms with Crippen LogP contribution in [-0.2, 0) is 7.05 Å². The largest absolute Gasteiger partial charge is 0.220 e. The Labute approximate surface area is 226 Å². The van der Waals surface area contributed by atoms with Crippen molar-refractivity contribution in [1.29, 1.82) is 0 Å². The molecule has 0 amide bonds. The van der Waals surface area contributed by atoms with Crippen LogP contribution < -0.4 is 4.57 Å². The Bertz CT molecular complexity index is 1680. The summed E-state index contributed by atoms with van der Waals surface area (Å²) in [5.41, 5.74) is 7.49. The minimum absolute atomic E-state index is 0.402. The smallest absolute Gasteiger partial charge is 0.200 e. The lowest BCUT2D eigenvalue weighted by molar-refractivity contribution is -0.659. The van der Waals surface area contributed by atoms with E-state index in [1.165, 1.54) is 78.8 Å². The number of thiophene rings is 1. The number of hydrogen-bond donors (Lipinski definition) is 0. The molecule has 2 aromatic heterocycles. The average Bonchev–Trinajstić information content (AvgIpc) is 3.24. The first-order valence-electron chi connectivity index (χ1n) is 13.8. The second-order valence-corrected chi connectivity index (χ2v) is 14.5.